The Kier molecular flexibility index (Phi) is 14.3. The number of hydrogen-bond acceptors (Lipinski definition) is 6. The van der Waals surface area contributed by atoms with E-state index in [9.17, 15) is 0 Å². The predicted molar refractivity (Wildman–Crippen MR) is 201 cm³/mol. The van der Waals surface area contributed by atoms with Gasteiger partial charge >= 0.3 is 0 Å². The summed E-state index contributed by atoms with van der Waals surface area (Å²) in [6.07, 6.45) is 5.17. The Morgan fingerprint density at radius 2 is 0.958 bits per heavy atom. The summed E-state index contributed by atoms with van der Waals surface area (Å²) < 4.78 is 0. The van der Waals surface area contributed by atoms with Gasteiger partial charge in [0.2, 0.25) is 0 Å². The molecule has 6 nitrogen and oxygen atoms in total. The van der Waals surface area contributed by atoms with Crippen molar-refractivity contribution in [1.82, 2.24) is 19.9 Å². The number of anilines is 1. The molecule has 48 heavy (non-hydrogen) atoms. The smallest absolute Gasteiger partial charge is 0.148 e. The van der Waals surface area contributed by atoms with Gasteiger partial charge in [-0.3, -0.25) is 9.97 Å². The lowest BCUT2D eigenvalue weighted by Gasteiger charge is -2.28. The molecular formula is C41H44ClN5O. The van der Waals surface area contributed by atoms with Crippen LogP contribution in [0.2, 0.25) is 5.15 Å². The lowest BCUT2D eigenvalue weighted by molar-refractivity contribution is 0.284. The number of unbranched alkanes of at least 4 members (excludes halogenated alkanes) is 1. The van der Waals surface area contributed by atoms with Gasteiger partial charge < -0.3 is 10.0 Å². The molecule has 0 saturated carbocycles. The summed E-state index contributed by atoms with van der Waals surface area (Å²) in [5, 5.41) is 9.50. The molecule has 0 atom stereocenters. The van der Waals surface area contributed by atoms with Gasteiger partial charge in [0.25, 0.3) is 0 Å². The Hall–Kier alpha value is -4.91. The SMILES string of the molecule is CC.CC(C)N(CCCCO)c1cnc(-c2ccccc2)c(-c2ccccc2)n1.Clc1cnc(-c2ccccc2)c(-c2ccccc2)n1. The van der Waals surface area contributed by atoms with Crippen molar-refractivity contribution in [2.45, 2.75) is 46.6 Å². The zero-order chi connectivity index (χ0) is 34.1. The third kappa shape index (κ3) is 9.80. The van der Waals surface area contributed by atoms with Crippen LogP contribution >= 0.6 is 11.6 Å². The first-order chi connectivity index (χ1) is 23.5. The highest BCUT2D eigenvalue weighted by Gasteiger charge is 2.17. The van der Waals surface area contributed by atoms with E-state index in [-0.39, 0.29) is 6.61 Å². The number of benzene rings is 4. The molecule has 2 aromatic heterocycles. The van der Waals surface area contributed by atoms with E-state index in [0.29, 0.717) is 11.2 Å². The maximum atomic E-state index is 9.10. The highest BCUT2D eigenvalue weighted by atomic mass is 35.5. The Morgan fingerprint density at radius 1 is 0.562 bits per heavy atom. The number of aliphatic hydroxyl groups excluding tert-OH is 1. The zero-order valence-electron chi connectivity index (χ0n) is 28.2. The Labute approximate surface area is 290 Å². The van der Waals surface area contributed by atoms with E-state index in [1.54, 1.807) is 6.20 Å². The number of aliphatic hydroxyl groups is 1. The Bertz CT molecular complexity index is 1790. The first-order valence-electron chi connectivity index (χ1n) is 16.5. The molecule has 0 fully saturated rings. The number of nitrogens with zero attached hydrogens (tertiary/aromatic N) is 5. The summed E-state index contributed by atoms with van der Waals surface area (Å²) in [6.45, 7) is 9.40. The van der Waals surface area contributed by atoms with Crippen LogP contribution in [0, 0.1) is 0 Å². The molecule has 246 valence electrons. The van der Waals surface area contributed by atoms with E-state index in [4.69, 9.17) is 26.7 Å². The molecule has 0 bridgehead atoms. The third-order valence-corrected chi connectivity index (χ3v) is 7.60. The molecule has 0 aliphatic heterocycles. The monoisotopic (exact) mass is 657 g/mol. The van der Waals surface area contributed by atoms with Gasteiger partial charge in [0.1, 0.15) is 11.0 Å². The summed E-state index contributed by atoms with van der Waals surface area (Å²) in [6, 6.07) is 40.7. The summed E-state index contributed by atoms with van der Waals surface area (Å²) >= 11 is 5.98. The highest BCUT2D eigenvalue weighted by molar-refractivity contribution is 6.29. The topological polar surface area (TPSA) is 75.0 Å². The van der Waals surface area contributed by atoms with Gasteiger partial charge in [-0.2, -0.15) is 0 Å². The molecule has 0 spiro atoms. The van der Waals surface area contributed by atoms with Crippen molar-refractivity contribution in [2.75, 3.05) is 18.1 Å². The second-order valence-corrected chi connectivity index (χ2v) is 11.4. The largest absolute Gasteiger partial charge is 0.396 e. The molecule has 0 amide bonds. The Balaban J connectivity index is 0.000000217. The van der Waals surface area contributed by atoms with Gasteiger partial charge in [0, 0.05) is 41.4 Å². The number of hydrogen-bond donors (Lipinski definition) is 1. The van der Waals surface area contributed by atoms with Crippen molar-refractivity contribution in [3.8, 4) is 45.0 Å². The number of halogens is 1. The lowest BCUT2D eigenvalue weighted by Crippen LogP contribution is -2.32. The molecular weight excluding hydrogens is 614 g/mol. The summed E-state index contributed by atoms with van der Waals surface area (Å²) in [5.41, 5.74) is 7.60. The number of rotatable bonds is 10. The van der Waals surface area contributed by atoms with Crippen LogP contribution in [0.3, 0.4) is 0 Å². The van der Waals surface area contributed by atoms with Crippen molar-refractivity contribution in [3.63, 3.8) is 0 Å². The predicted octanol–water partition coefficient (Wildman–Crippen LogP) is 10.3. The summed E-state index contributed by atoms with van der Waals surface area (Å²) in [7, 11) is 0. The van der Waals surface area contributed by atoms with Crippen LogP contribution in [-0.2, 0) is 0 Å². The first-order valence-corrected chi connectivity index (χ1v) is 16.9. The quantitative estimate of drug-likeness (QED) is 0.148. The fourth-order valence-electron chi connectivity index (χ4n) is 5.13. The molecule has 6 aromatic rings. The molecule has 0 radical (unpaired) electrons. The average Bonchev–Trinajstić information content (AvgIpc) is 3.15. The maximum absolute atomic E-state index is 9.10. The van der Waals surface area contributed by atoms with Crippen LogP contribution in [-0.4, -0.2) is 44.2 Å². The van der Waals surface area contributed by atoms with E-state index in [1.807, 2.05) is 117 Å². The van der Waals surface area contributed by atoms with Crippen LogP contribution in [0.1, 0.15) is 40.5 Å². The molecule has 7 heteroatoms. The minimum absolute atomic E-state index is 0.222. The van der Waals surface area contributed by atoms with Crippen LogP contribution in [0.15, 0.2) is 134 Å². The molecule has 4 aromatic carbocycles. The van der Waals surface area contributed by atoms with Crippen LogP contribution < -0.4 is 4.90 Å². The first kappa shape index (κ1) is 35.9. The minimum Gasteiger partial charge on any atom is -0.396 e. The van der Waals surface area contributed by atoms with Crippen molar-refractivity contribution in [3.05, 3.63) is 139 Å². The summed E-state index contributed by atoms with van der Waals surface area (Å²) in [4.78, 5) is 20.9. The second-order valence-electron chi connectivity index (χ2n) is 11.0. The van der Waals surface area contributed by atoms with E-state index >= 15 is 0 Å². The van der Waals surface area contributed by atoms with Gasteiger partial charge in [-0.05, 0) is 26.7 Å². The normalized spacial score (nSPS) is 10.4. The van der Waals surface area contributed by atoms with Crippen molar-refractivity contribution in [1.29, 1.82) is 0 Å². The fourth-order valence-corrected chi connectivity index (χ4v) is 5.26. The van der Waals surface area contributed by atoms with E-state index in [1.165, 1.54) is 0 Å². The van der Waals surface area contributed by atoms with Crippen molar-refractivity contribution in [2.24, 2.45) is 0 Å². The van der Waals surface area contributed by atoms with Crippen molar-refractivity contribution < 1.29 is 5.11 Å². The summed E-state index contributed by atoms with van der Waals surface area (Å²) in [5.74, 6) is 0.876. The van der Waals surface area contributed by atoms with Crippen molar-refractivity contribution >= 4 is 17.4 Å². The van der Waals surface area contributed by atoms with Gasteiger partial charge in [-0.25, -0.2) is 9.97 Å². The molecule has 0 unspecified atom stereocenters. The van der Waals surface area contributed by atoms with Crippen LogP contribution in [0.5, 0.6) is 0 Å². The standard InChI is InChI=1S/C23H27N3O.C16H11ClN2.C2H6/c1-18(2)26(15-9-10-16-27)21-17-24-22(19-11-5-3-6-12-19)23(25-21)20-13-7-4-8-14-20;17-14-11-18-15(12-7-3-1-4-8-12)16(19-14)13-9-5-2-6-10-13;1-2/h3-8,11-14,17-18,27H,9-10,15-16H2,1-2H3;1-11H;1-2H3. The molecule has 2 heterocycles. The number of aromatic nitrogens is 4. The second kappa shape index (κ2) is 19.0. The highest BCUT2D eigenvalue weighted by Crippen LogP contribution is 2.31. The van der Waals surface area contributed by atoms with Gasteiger partial charge in [-0.1, -0.05) is 147 Å². The fraction of sp³-hybridized carbons (Fsp3) is 0.220. The van der Waals surface area contributed by atoms with Gasteiger partial charge in [-0.15, -0.1) is 0 Å². The minimum atomic E-state index is 0.222. The van der Waals surface area contributed by atoms with E-state index in [0.717, 1.165) is 70.2 Å². The lowest BCUT2D eigenvalue weighted by atomic mass is 10.0. The van der Waals surface area contributed by atoms with Gasteiger partial charge in [0.05, 0.1) is 35.2 Å². The van der Waals surface area contributed by atoms with Crippen LogP contribution in [0.4, 0.5) is 5.82 Å². The molecule has 1 N–H and O–H groups in total. The van der Waals surface area contributed by atoms with Gasteiger partial charge in [0.15, 0.2) is 0 Å². The molecule has 0 aliphatic rings. The van der Waals surface area contributed by atoms with Crippen LogP contribution in [0.25, 0.3) is 45.0 Å². The van der Waals surface area contributed by atoms with E-state index < -0.39 is 0 Å². The molecule has 0 saturated heterocycles. The maximum Gasteiger partial charge on any atom is 0.148 e. The zero-order valence-corrected chi connectivity index (χ0v) is 28.9. The molecule has 6 rings (SSSR count). The molecule has 0 aliphatic carbocycles. The average molecular weight is 658 g/mol. The van der Waals surface area contributed by atoms with E-state index in [2.05, 4.69) is 53.0 Å². The Morgan fingerprint density at radius 3 is 1.38 bits per heavy atom. The third-order valence-electron chi connectivity index (χ3n) is 7.42.